The highest BCUT2D eigenvalue weighted by molar-refractivity contribution is 9.10. The second kappa shape index (κ2) is 7.03. The number of ether oxygens (including phenoxy) is 1. The van der Waals surface area contributed by atoms with E-state index < -0.39 is 5.69 Å². The number of halogens is 1. The zero-order chi connectivity index (χ0) is 15.2. The van der Waals surface area contributed by atoms with Gasteiger partial charge in [-0.3, -0.25) is 0 Å². The van der Waals surface area contributed by atoms with Crippen molar-refractivity contribution < 1.29 is 4.74 Å². The van der Waals surface area contributed by atoms with Crippen LogP contribution in [0.4, 0.5) is 0 Å². The maximum atomic E-state index is 11.7. The highest BCUT2D eigenvalue weighted by Gasteiger charge is 2.12. The Hall–Kier alpha value is -2.15. The van der Waals surface area contributed by atoms with Crippen molar-refractivity contribution in [3.8, 4) is 5.69 Å². The number of aromatic amines is 1. The summed E-state index contributed by atoms with van der Waals surface area (Å²) >= 11 is 3.47. The van der Waals surface area contributed by atoms with Gasteiger partial charge in [0.2, 0.25) is 0 Å². The number of tetrazole rings is 1. The summed E-state index contributed by atoms with van der Waals surface area (Å²) in [5, 5.41) is 9.54. The van der Waals surface area contributed by atoms with Gasteiger partial charge in [-0.25, -0.2) is 9.89 Å². The number of nitrogens with zero attached hydrogens (tertiary/aromatic N) is 3. The van der Waals surface area contributed by atoms with Crippen LogP contribution in [0.3, 0.4) is 0 Å². The van der Waals surface area contributed by atoms with Gasteiger partial charge >= 0.3 is 5.69 Å². The van der Waals surface area contributed by atoms with E-state index in [4.69, 9.17) is 4.74 Å². The highest BCUT2D eigenvalue weighted by Crippen LogP contribution is 2.24. The van der Waals surface area contributed by atoms with E-state index in [1.54, 1.807) is 6.07 Å². The predicted molar refractivity (Wildman–Crippen MR) is 83.0 cm³/mol. The van der Waals surface area contributed by atoms with Gasteiger partial charge in [0, 0.05) is 10.0 Å². The summed E-state index contributed by atoms with van der Waals surface area (Å²) in [6.07, 6.45) is 5.70. The van der Waals surface area contributed by atoms with Gasteiger partial charge < -0.3 is 4.74 Å². The van der Waals surface area contributed by atoms with E-state index in [1.807, 2.05) is 44.2 Å². The molecule has 0 unspecified atom stereocenters. The van der Waals surface area contributed by atoms with Gasteiger partial charge in [-0.15, -0.1) is 0 Å². The first-order valence-electron chi connectivity index (χ1n) is 6.34. The number of hydrogen-bond acceptors (Lipinski definition) is 4. The van der Waals surface area contributed by atoms with Gasteiger partial charge in [-0.05, 0) is 42.5 Å². The molecule has 2 rings (SSSR count). The first-order valence-corrected chi connectivity index (χ1v) is 7.13. The Bertz CT molecular complexity index is 731. The third-order valence-electron chi connectivity index (χ3n) is 2.76. The molecule has 2 aromatic rings. The molecule has 21 heavy (non-hydrogen) atoms. The van der Waals surface area contributed by atoms with Crippen molar-refractivity contribution in [3.05, 3.63) is 62.7 Å². The number of nitrogens with one attached hydrogen (secondary N) is 1. The molecule has 6 nitrogen and oxygen atoms in total. The Morgan fingerprint density at radius 3 is 3.00 bits per heavy atom. The average Bonchev–Trinajstić information content (AvgIpc) is 2.89. The largest absolute Gasteiger partial charge is 0.493 e. The maximum absolute atomic E-state index is 11.7. The van der Waals surface area contributed by atoms with Crippen molar-refractivity contribution in [2.75, 3.05) is 0 Å². The number of H-pyrrole nitrogens is 1. The molecular formula is C14H15BrN4O2. The van der Waals surface area contributed by atoms with Crippen molar-refractivity contribution >= 4 is 15.9 Å². The van der Waals surface area contributed by atoms with E-state index in [1.165, 1.54) is 4.68 Å². The molecule has 0 radical (unpaired) electrons. The monoisotopic (exact) mass is 350 g/mol. The number of aromatic nitrogens is 4. The number of rotatable bonds is 5. The molecule has 0 aliphatic rings. The van der Waals surface area contributed by atoms with Crippen molar-refractivity contribution in [2.45, 2.75) is 20.5 Å². The molecule has 1 aromatic carbocycles. The molecule has 1 heterocycles. The summed E-state index contributed by atoms with van der Waals surface area (Å²) in [6.45, 7) is 4.13. The lowest BCUT2D eigenvalue weighted by molar-refractivity contribution is 0.200. The van der Waals surface area contributed by atoms with Gasteiger partial charge in [-0.1, -0.05) is 34.1 Å². The predicted octanol–water partition coefficient (Wildman–Crippen LogP) is 2.71. The second-order valence-corrected chi connectivity index (χ2v) is 5.10. The summed E-state index contributed by atoms with van der Waals surface area (Å²) in [5.41, 5.74) is 1.05. The van der Waals surface area contributed by atoms with E-state index in [2.05, 4.69) is 31.5 Å². The maximum Gasteiger partial charge on any atom is 0.365 e. The average molecular weight is 351 g/mol. The lowest BCUT2D eigenvalue weighted by Crippen LogP contribution is -2.18. The van der Waals surface area contributed by atoms with Crippen LogP contribution in [-0.4, -0.2) is 20.2 Å². The standard InChI is InChI=1S/C14H15BrN4O2/c1-3-4-6-10(2)21-9-11-12(15)7-5-8-13(11)19-14(20)16-17-18-19/h3-8H,9H2,1-2H3,(H,16,18,20)/b4-3?,10-6+. The number of benzene rings is 1. The van der Waals surface area contributed by atoms with E-state index in [0.717, 1.165) is 15.8 Å². The van der Waals surface area contributed by atoms with Crippen molar-refractivity contribution in [3.63, 3.8) is 0 Å². The molecule has 0 fully saturated rings. The zero-order valence-corrected chi connectivity index (χ0v) is 13.3. The normalized spacial score (nSPS) is 12.0. The van der Waals surface area contributed by atoms with E-state index in [0.29, 0.717) is 12.3 Å². The topological polar surface area (TPSA) is 72.8 Å². The van der Waals surface area contributed by atoms with Crippen LogP contribution in [0.15, 0.2) is 51.5 Å². The van der Waals surface area contributed by atoms with E-state index in [9.17, 15) is 4.79 Å². The smallest absolute Gasteiger partial charge is 0.365 e. The van der Waals surface area contributed by atoms with Gasteiger partial charge in [0.1, 0.15) is 6.61 Å². The van der Waals surface area contributed by atoms with Crippen LogP contribution in [0, 0.1) is 0 Å². The Balaban J connectivity index is 2.31. The first-order chi connectivity index (χ1) is 10.1. The molecule has 0 spiro atoms. The molecule has 1 aromatic heterocycles. The summed E-state index contributed by atoms with van der Waals surface area (Å²) < 4.78 is 7.74. The van der Waals surface area contributed by atoms with Crippen LogP contribution in [0.2, 0.25) is 0 Å². The lowest BCUT2D eigenvalue weighted by atomic mass is 10.2. The molecule has 7 heteroatoms. The summed E-state index contributed by atoms with van der Waals surface area (Å²) in [7, 11) is 0. The first kappa shape index (κ1) is 15.2. The van der Waals surface area contributed by atoms with Gasteiger partial charge in [0.15, 0.2) is 0 Å². The highest BCUT2D eigenvalue weighted by atomic mass is 79.9. The quantitative estimate of drug-likeness (QED) is 0.664. The second-order valence-electron chi connectivity index (χ2n) is 4.25. The van der Waals surface area contributed by atoms with E-state index >= 15 is 0 Å². The summed E-state index contributed by atoms with van der Waals surface area (Å²) in [4.78, 5) is 11.7. The minimum atomic E-state index is -0.393. The number of allylic oxidation sites excluding steroid dienone is 4. The van der Waals surface area contributed by atoms with Crippen molar-refractivity contribution in [2.24, 2.45) is 0 Å². The van der Waals surface area contributed by atoms with Gasteiger partial charge in [0.25, 0.3) is 0 Å². The Morgan fingerprint density at radius 1 is 1.52 bits per heavy atom. The third kappa shape index (κ3) is 3.69. The Morgan fingerprint density at radius 2 is 2.33 bits per heavy atom. The fourth-order valence-corrected chi connectivity index (χ4v) is 2.18. The van der Waals surface area contributed by atoms with Crippen LogP contribution in [0.25, 0.3) is 5.69 Å². The fourth-order valence-electron chi connectivity index (χ4n) is 1.71. The Kier molecular flexibility index (Phi) is 5.10. The molecule has 1 N–H and O–H groups in total. The molecular weight excluding hydrogens is 336 g/mol. The summed E-state index contributed by atoms with van der Waals surface area (Å²) in [6, 6.07) is 5.50. The van der Waals surface area contributed by atoms with E-state index in [-0.39, 0.29) is 0 Å². The molecule has 0 saturated carbocycles. The van der Waals surface area contributed by atoms with Crippen molar-refractivity contribution in [1.82, 2.24) is 20.2 Å². The molecule has 0 atom stereocenters. The summed E-state index contributed by atoms with van der Waals surface area (Å²) in [5.74, 6) is 0.780. The third-order valence-corrected chi connectivity index (χ3v) is 3.51. The fraction of sp³-hybridized carbons (Fsp3) is 0.214. The number of hydrogen-bond donors (Lipinski definition) is 1. The van der Waals surface area contributed by atoms with Crippen LogP contribution in [-0.2, 0) is 11.3 Å². The van der Waals surface area contributed by atoms with Gasteiger partial charge in [-0.2, -0.15) is 4.68 Å². The molecule has 0 saturated heterocycles. The molecule has 0 aliphatic heterocycles. The minimum Gasteiger partial charge on any atom is -0.493 e. The molecule has 110 valence electrons. The molecule has 0 bridgehead atoms. The minimum absolute atomic E-state index is 0.315. The Labute approximate surface area is 130 Å². The van der Waals surface area contributed by atoms with Crippen molar-refractivity contribution in [1.29, 1.82) is 0 Å². The SMILES string of the molecule is CC=C/C=C(\C)OCc1c(Br)cccc1-n1nn[nH]c1=O. The molecule has 0 aliphatic carbocycles. The van der Waals surface area contributed by atoms with Crippen LogP contribution < -0.4 is 5.69 Å². The van der Waals surface area contributed by atoms with Crippen LogP contribution >= 0.6 is 15.9 Å². The van der Waals surface area contributed by atoms with Crippen LogP contribution in [0.1, 0.15) is 19.4 Å². The lowest BCUT2D eigenvalue weighted by Gasteiger charge is -2.12. The van der Waals surface area contributed by atoms with Crippen LogP contribution in [0.5, 0.6) is 0 Å². The van der Waals surface area contributed by atoms with Gasteiger partial charge in [0.05, 0.1) is 11.4 Å². The molecule has 0 amide bonds. The zero-order valence-electron chi connectivity index (χ0n) is 11.7.